The molecule has 0 aromatic carbocycles. The molecule has 1 aromatic rings. The highest BCUT2D eigenvalue weighted by atomic mass is 32.1. The molecule has 0 bridgehead atoms. The van der Waals surface area contributed by atoms with E-state index in [1.807, 2.05) is 24.4 Å². The van der Waals surface area contributed by atoms with Crippen LogP contribution in [-0.4, -0.2) is 41.8 Å². The van der Waals surface area contributed by atoms with Crippen molar-refractivity contribution >= 4 is 23.2 Å². The molecular weight excluding hydrogens is 260 g/mol. The van der Waals surface area contributed by atoms with E-state index in [2.05, 4.69) is 0 Å². The smallest absolute Gasteiger partial charge is 0.242 e. The molecule has 104 valence electrons. The number of thiophene rings is 1. The lowest BCUT2D eigenvalue weighted by Crippen LogP contribution is -2.44. The standard InChI is InChI=1S/C14H20N2O2S/c1-11(12-6-5-9-19-12)15(2)14(18)10-16-8-4-3-7-13(16)17/h5-6,9,11H,3-4,7-8,10H2,1-2H3. The van der Waals surface area contributed by atoms with Gasteiger partial charge in [0.1, 0.15) is 0 Å². The van der Waals surface area contributed by atoms with E-state index < -0.39 is 0 Å². The number of carbonyl (C=O) groups excluding carboxylic acids is 2. The van der Waals surface area contributed by atoms with E-state index in [1.54, 1.807) is 28.2 Å². The van der Waals surface area contributed by atoms with Gasteiger partial charge in [0.2, 0.25) is 11.8 Å². The lowest BCUT2D eigenvalue weighted by Gasteiger charge is -2.30. The molecule has 2 heterocycles. The number of carbonyl (C=O) groups is 2. The minimum Gasteiger partial charge on any atom is -0.337 e. The van der Waals surface area contributed by atoms with Crippen LogP contribution in [-0.2, 0) is 9.59 Å². The average molecular weight is 280 g/mol. The SMILES string of the molecule is CC(c1cccs1)N(C)C(=O)CN1CCCCC1=O. The third-order valence-electron chi connectivity index (χ3n) is 3.68. The van der Waals surface area contributed by atoms with Gasteiger partial charge in [-0.25, -0.2) is 0 Å². The number of amides is 2. The Balaban J connectivity index is 1.93. The topological polar surface area (TPSA) is 40.6 Å². The predicted molar refractivity (Wildman–Crippen MR) is 75.9 cm³/mol. The fourth-order valence-corrected chi connectivity index (χ4v) is 3.07. The van der Waals surface area contributed by atoms with E-state index in [-0.39, 0.29) is 24.4 Å². The molecule has 5 heteroatoms. The van der Waals surface area contributed by atoms with Crippen molar-refractivity contribution in [1.82, 2.24) is 9.80 Å². The van der Waals surface area contributed by atoms with Gasteiger partial charge in [-0.1, -0.05) is 6.07 Å². The number of hydrogen-bond acceptors (Lipinski definition) is 3. The molecule has 0 saturated carbocycles. The number of nitrogens with zero attached hydrogens (tertiary/aromatic N) is 2. The maximum absolute atomic E-state index is 12.2. The maximum atomic E-state index is 12.2. The van der Waals surface area contributed by atoms with Crippen molar-refractivity contribution in [2.75, 3.05) is 20.1 Å². The van der Waals surface area contributed by atoms with E-state index in [1.165, 1.54) is 4.88 Å². The molecule has 2 rings (SSSR count). The summed E-state index contributed by atoms with van der Waals surface area (Å²) in [5.74, 6) is 0.118. The molecule has 4 nitrogen and oxygen atoms in total. The molecule has 1 aliphatic rings. The van der Waals surface area contributed by atoms with E-state index >= 15 is 0 Å². The highest BCUT2D eigenvalue weighted by Gasteiger charge is 2.24. The van der Waals surface area contributed by atoms with Gasteiger partial charge in [-0.3, -0.25) is 9.59 Å². The summed E-state index contributed by atoms with van der Waals surface area (Å²) in [6, 6.07) is 4.08. The Morgan fingerprint density at radius 3 is 2.95 bits per heavy atom. The fraction of sp³-hybridized carbons (Fsp3) is 0.571. The number of likely N-dealkylation sites (N-methyl/N-ethyl adjacent to an activating group) is 1. The van der Waals surface area contributed by atoms with Crippen molar-refractivity contribution in [2.24, 2.45) is 0 Å². The third-order valence-corrected chi connectivity index (χ3v) is 4.72. The Hall–Kier alpha value is -1.36. The summed E-state index contributed by atoms with van der Waals surface area (Å²) in [4.78, 5) is 28.5. The zero-order chi connectivity index (χ0) is 13.8. The van der Waals surface area contributed by atoms with Crippen LogP contribution in [0.4, 0.5) is 0 Å². The average Bonchev–Trinajstić information content (AvgIpc) is 2.93. The van der Waals surface area contributed by atoms with E-state index in [4.69, 9.17) is 0 Å². The number of piperidine rings is 1. The molecular formula is C14H20N2O2S. The summed E-state index contributed by atoms with van der Waals surface area (Å²) >= 11 is 1.65. The first-order chi connectivity index (χ1) is 9.09. The van der Waals surface area contributed by atoms with Gasteiger partial charge in [-0.15, -0.1) is 11.3 Å². The Morgan fingerprint density at radius 1 is 1.53 bits per heavy atom. The molecule has 2 amide bonds. The van der Waals surface area contributed by atoms with Crippen molar-refractivity contribution in [1.29, 1.82) is 0 Å². The van der Waals surface area contributed by atoms with Crippen LogP contribution in [0.2, 0.25) is 0 Å². The first-order valence-corrected chi connectivity index (χ1v) is 7.54. The highest BCUT2D eigenvalue weighted by molar-refractivity contribution is 7.10. The van der Waals surface area contributed by atoms with Crippen LogP contribution in [0.3, 0.4) is 0 Å². The van der Waals surface area contributed by atoms with Gasteiger partial charge >= 0.3 is 0 Å². The Kier molecular flexibility index (Phi) is 4.58. The zero-order valence-corrected chi connectivity index (χ0v) is 12.3. The Morgan fingerprint density at radius 2 is 2.32 bits per heavy atom. The lowest BCUT2D eigenvalue weighted by molar-refractivity contribution is -0.142. The summed E-state index contributed by atoms with van der Waals surface area (Å²) < 4.78 is 0. The van der Waals surface area contributed by atoms with Gasteiger partial charge in [0.15, 0.2) is 0 Å². The number of hydrogen-bond donors (Lipinski definition) is 0. The summed E-state index contributed by atoms with van der Waals surface area (Å²) in [5, 5.41) is 2.01. The van der Waals surface area contributed by atoms with Crippen LogP contribution >= 0.6 is 11.3 Å². The van der Waals surface area contributed by atoms with Crippen LogP contribution in [0.5, 0.6) is 0 Å². The first-order valence-electron chi connectivity index (χ1n) is 6.66. The van der Waals surface area contributed by atoms with Crippen LogP contribution in [0.25, 0.3) is 0 Å². The third kappa shape index (κ3) is 3.35. The van der Waals surface area contributed by atoms with Crippen molar-refractivity contribution in [3.63, 3.8) is 0 Å². The fourth-order valence-electron chi connectivity index (χ4n) is 2.24. The van der Waals surface area contributed by atoms with Crippen LogP contribution < -0.4 is 0 Å². The van der Waals surface area contributed by atoms with Crippen LogP contribution in [0.1, 0.15) is 37.1 Å². The van der Waals surface area contributed by atoms with Gasteiger partial charge in [-0.2, -0.15) is 0 Å². The first kappa shape index (κ1) is 14.1. The van der Waals surface area contributed by atoms with Gasteiger partial charge in [0.05, 0.1) is 12.6 Å². The molecule has 0 radical (unpaired) electrons. The zero-order valence-electron chi connectivity index (χ0n) is 11.5. The molecule has 1 unspecified atom stereocenters. The molecule has 1 fully saturated rings. The molecule has 19 heavy (non-hydrogen) atoms. The quantitative estimate of drug-likeness (QED) is 0.849. The van der Waals surface area contributed by atoms with Gasteiger partial charge < -0.3 is 9.80 Å². The number of rotatable bonds is 4. The van der Waals surface area contributed by atoms with E-state index in [9.17, 15) is 9.59 Å². The van der Waals surface area contributed by atoms with Gasteiger partial charge in [0, 0.05) is 24.9 Å². The van der Waals surface area contributed by atoms with Crippen molar-refractivity contribution in [3.05, 3.63) is 22.4 Å². The second-order valence-corrected chi connectivity index (χ2v) is 5.95. The van der Waals surface area contributed by atoms with Crippen molar-refractivity contribution in [3.8, 4) is 0 Å². The van der Waals surface area contributed by atoms with Crippen molar-refractivity contribution in [2.45, 2.75) is 32.2 Å². The minimum absolute atomic E-state index is 0.0103. The number of likely N-dealkylation sites (tertiary alicyclic amines) is 1. The van der Waals surface area contributed by atoms with E-state index in [0.29, 0.717) is 13.0 Å². The molecule has 0 spiro atoms. The van der Waals surface area contributed by atoms with Crippen LogP contribution in [0, 0.1) is 0 Å². The summed E-state index contributed by atoms with van der Waals surface area (Å²) in [6.45, 7) is 2.94. The Labute approximate surface area is 118 Å². The molecule has 0 N–H and O–H groups in total. The van der Waals surface area contributed by atoms with Crippen LogP contribution in [0.15, 0.2) is 17.5 Å². The second-order valence-electron chi connectivity index (χ2n) is 4.97. The minimum atomic E-state index is 0.0103. The van der Waals surface area contributed by atoms with Crippen molar-refractivity contribution < 1.29 is 9.59 Å². The summed E-state index contributed by atoms with van der Waals surface area (Å²) in [6.07, 6.45) is 2.53. The van der Waals surface area contributed by atoms with E-state index in [0.717, 1.165) is 12.8 Å². The monoisotopic (exact) mass is 280 g/mol. The summed E-state index contributed by atoms with van der Waals surface area (Å²) in [5.41, 5.74) is 0. The molecule has 0 aliphatic carbocycles. The predicted octanol–water partition coefficient (Wildman–Crippen LogP) is 2.28. The normalized spacial score (nSPS) is 17.4. The molecule has 1 atom stereocenters. The molecule has 1 saturated heterocycles. The molecule has 1 aromatic heterocycles. The Bertz CT molecular complexity index is 444. The summed E-state index contributed by atoms with van der Waals surface area (Å²) in [7, 11) is 1.81. The largest absolute Gasteiger partial charge is 0.337 e. The second kappa shape index (κ2) is 6.19. The highest BCUT2D eigenvalue weighted by Crippen LogP contribution is 2.23. The van der Waals surface area contributed by atoms with Gasteiger partial charge in [0.25, 0.3) is 0 Å². The molecule has 1 aliphatic heterocycles. The maximum Gasteiger partial charge on any atom is 0.242 e. The van der Waals surface area contributed by atoms with Gasteiger partial charge in [-0.05, 0) is 31.2 Å². The lowest BCUT2D eigenvalue weighted by atomic mass is 10.1.